The van der Waals surface area contributed by atoms with Crippen LogP contribution in [0.4, 0.5) is 5.69 Å². The molecule has 0 radical (unpaired) electrons. The Balaban J connectivity index is 2.12. The number of amides is 1. The largest absolute Gasteiger partial charge is 0.397 e. The number of H-pyrrole nitrogens is 1. The van der Waals surface area contributed by atoms with E-state index in [1.165, 1.54) is 6.33 Å². The topological polar surface area (TPSA) is 102 Å². The molecule has 1 amide bonds. The van der Waals surface area contributed by atoms with Crippen LogP contribution in [0.1, 0.15) is 36.2 Å². The van der Waals surface area contributed by atoms with Gasteiger partial charge in [-0.25, -0.2) is 4.98 Å². The van der Waals surface area contributed by atoms with Crippen LogP contribution < -0.4 is 11.1 Å². The van der Waals surface area contributed by atoms with Crippen molar-refractivity contribution in [1.29, 1.82) is 0 Å². The standard InChI is InChI=1S/C11H16N6O/c1-3-17-5-8(12)4-9(17)11(18)15-7(2)10-13-6-14-16-10/h4-7H,3,12H2,1-2H3,(H,15,18)(H,13,14,16). The zero-order valence-corrected chi connectivity index (χ0v) is 10.3. The minimum atomic E-state index is -0.235. The summed E-state index contributed by atoms with van der Waals surface area (Å²) >= 11 is 0. The van der Waals surface area contributed by atoms with Crippen molar-refractivity contribution in [3.05, 3.63) is 30.1 Å². The highest BCUT2D eigenvalue weighted by Crippen LogP contribution is 2.12. The van der Waals surface area contributed by atoms with Crippen molar-refractivity contribution in [2.24, 2.45) is 0 Å². The molecule has 0 spiro atoms. The molecule has 7 heteroatoms. The Hall–Kier alpha value is -2.31. The summed E-state index contributed by atoms with van der Waals surface area (Å²) < 4.78 is 1.80. The van der Waals surface area contributed by atoms with E-state index < -0.39 is 0 Å². The lowest BCUT2D eigenvalue weighted by Crippen LogP contribution is -2.29. The number of aryl methyl sites for hydroxylation is 1. The summed E-state index contributed by atoms with van der Waals surface area (Å²) in [4.78, 5) is 16.1. The molecule has 2 aromatic heterocycles. The van der Waals surface area contributed by atoms with Crippen molar-refractivity contribution < 1.29 is 4.79 Å². The molecule has 0 fully saturated rings. The lowest BCUT2D eigenvalue weighted by Gasteiger charge is -2.12. The van der Waals surface area contributed by atoms with Crippen LogP contribution in [0.2, 0.25) is 0 Å². The summed E-state index contributed by atoms with van der Waals surface area (Å²) in [6.07, 6.45) is 3.15. The van der Waals surface area contributed by atoms with Gasteiger partial charge in [-0.3, -0.25) is 9.89 Å². The molecular weight excluding hydrogens is 232 g/mol. The number of nitrogens with zero attached hydrogens (tertiary/aromatic N) is 3. The number of aromatic nitrogens is 4. The Morgan fingerprint density at radius 2 is 2.44 bits per heavy atom. The molecule has 0 aliphatic carbocycles. The van der Waals surface area contributed by atoms with E-state index in [0.29, 0.717) is 23.8 Å². The lowest BCUT2D eigenvalue weighted by atomic mass is 10.3. The van der Waals surface area contributed by atoms with Gasteiger partial charge in [0.25, 0.3) is 5.91 Å². The predicted molar refractivity (Wildman–Crippen MR) is 66.8 cm³/mol. The molecule has 0 saturated carbocycles. The number of carbonyl (C=O) groups is 1. The maximum atomic E-state index is 12.1. The Kier molecular flexibility index (Phi) is 3.31. The number of nitrogen functional groups attached to an aromatic ring is 1. The maximum absolute atomic E-state index is 12.1. The minimum absolute atomic E-state index is 0.183. The first kappa shape index (κ1) is 12.2. The van der Waals surface area contributed by atoms with Gasteiger partial charge in [0.1, 0.15) is 17.8 Å². The van der Waals surface area contributed by atoms with Crippen LogP contribution in [0.15, 0.2) is 18.6 Å². The first-order chi connectivity index (χ1) is 8.61. The van der Waals surface area contributed by atoms with E-state index in [1.54, 1.807) is 16.8 Å². The van der Waals surface area contributed by atoms with Crippen LogP contribution in [0.5, 0.6) is 0 Å². The smallest absolute Gasteiger partial charge is 0.268 e. The molecule has 1 unspecified atom stereocenters. The molecule has 0 bridgehead atoms. The summed E-state index contributed by atoms with van der Waals surface area (Å²) in [5.41, 5.74) is 6.81. The Labute approximate surface area is 104 Å². The molecule has 4 N–H and O–H groups in total. The van der Waals surface area contributed by atoms with Gasteiger partial charge in [0.2, 0.25) is 0 Å². The first-order valence-electron chi connectivity index (χ1n) is 5.73. The number of anilines is 1. The molecule has 0 aliphatic heterocycles. The number of hydrogen-bond acceptors (Lipinski definition) is 4. The minimum Gasteiger partial charge on any atom is -0.397 e. The van der Waals surface area contributed by atoms with Gasteiger partial charge in [-0.05, 0) is 19.9 Å². The summed E-state index contributed by atoms with van der Waals surface area (Å²) in [6, 6.07) is 1.42. The highest BCUT2D eigenvalue weighted by atomic mass is 16.2. The summed E-state index contributed by atoms with van der Waals surface area (Å²) in [5, 5.41) is 9.31. The second kappa shape index (κ2) is 4.91. The van der Waals surface area contributed by atoms with Gasteiger partial charge in [-0.15, -0.1) is 0 Å². The van der Waals surface area contributed by atoms with E-state index in [0.717, 1.165) is 0 Å². The van der Waals surface area contributed by atoms with E-state index in [1.807, 2.05) is 13.8 Å². The average Bonchev–Trinajstić information content (AvgIpc) is 2.96. The third-order valence-corrected chi connectivity index (χ3v) is 2.68. The quantitative estimate of drug-likeness (QED) is 0.741. The van der Waals surface area contributed by atoms with Crippen LogP contribution in [0, 0.1) is 0 Å². The number of nitrogens with one attached hydrogen (secondary N) is 2. The molecule has 0 aromatic carbocycles. The SMILES string of the molecule is CCn1cc(N)cc1C(=O)NC(C)c1ncn[nH]1. The fraction of sp³-hybridized carbons (Fsp3) is 0.364. The zero-order chi connectivity index (χ0) is 13.1. The fourth-order valence-corrected chi connectivity index (χ4v) is 1.75. The molecule has 0 aliphatic rings. The van der Waals surface area contributed by atoms with Gasteiger partial charge in [0.05, 0.1) is 11.7 Å². The molecule has 2 rings (SSSR count). The average molecular weight is 248 g/mol. The third kappa shape index (κ3) is 2.34. The van der Waals surface area contributed by atoms with Crippen molar-refractivity contribution in [3.8, 4) is 0 Å². The van der Waals surface area contributed by atoms with Crippen molar-refractivity contribution in [2.45, 2.75) is 26.4 Å². The highest BCUT2D eigenvalue weighted by Gasteiger charge is 2.16. The van der Waals surface area contributed by atoms with Gasteiger partial charge in [-0.1, -0.05) is 0 Å². The molecule has 18 heavy (non-hydrogen) atoms. The molecule has 96 valence electrons. The third-order valence-electron chi connectivity index (χ3n) is 2.68. The van der Waals surface area contributed by atoms with Gasteiger partial charge < -0.3 is 15.6 Å². The van der Waals surface area contributed by atoms with Gasteiger partial charge in [0, 0.05) is 12.7 Å². The number of aromatic amines is 1. The zero-order valence-electron chi connectivity index (χ0n) is 10.3. The fourth-order valence-electron chi connectivity index (χ4n) is 1.75. The van der Waals surface area contributed by atoms with Crippen molar-refractivity contribution in [3.63, 3.8) is 0 Å². The van der Waals surface area contributed by atoms with Crippen LogP contribution in [0.3, 0.4) is 0 Å². The van der Waals surface area contributed by atoms with Crippen molar-refractivity contribution in [2.75, 3.05) is 5.73 Å². The molecule has 7 nitrogen and oxygen atoms in total. The van der Waals surface area contributed by atoms with Gasteiger partial charge in [0.15, 0.2) is 0 Å². The van der Waals surface area contributed by atoms with E-state index in [4.69, 9.17) is 5.73 Å². The van der Waals surface area contributed by atoms with Crippen LogP contribution >= 0.6 is 0 Å². The Morgan fingerprint density at radius 3 is 3.06 bits per heavy atom. The number of carbonyl (C=O) groups excluding carboxylic acids is 1. The van der Waals surface area contributed by atoms with Crippen molar-refractivity contribution >= 4 is 11.6 Å². The van der Waals surface area contributed by atoms with E-state index in [2.05, 4.69) is 20.5 Å². The molecule has 0 saturated heterocycles. The van der Waals surface area contributed by atoms with E-state index in [-0.39, 0.29) is 11.9 Å². The highest BCUT2D eigenvalue weighted by molar-refractivity contribution is 5.94. The number of nitrogens with two attached hydrogens (primary N) is 1. The summed E-state index contributed by atoms with van der Waals surface area (Å²) in [7, 11) is 0. The maximum Gasteiger partial charge on any atom is 0.268 e. The van der Waals surface area contributed by atoms with Crippen LogP contribution in [-0.4, -0.2) is 25.7 Å². The van der Waals surface area contributed by atoms with Gasteiger partial charge >= 0.3 is 0 Å². The molecular formula is C11H16N6O. The molecule has 2 heterocycles. The summed E-state index contributed by atoms with van der Waals surface area (Å²) in [6.45, 7) is 4.48. The molecule has 1 atom stereocenters. The van der Waals surface area contributed by atoms with Crippen LogP contribution in [-0.2, 0) is 6.54 Å². The van der Waals surface area contributed by atoms with Crippen molar-refractivity contribution in [1.82, 2.24) is 25.1 Å². The van der Waals surface area contributed by atoms with E-state index in [9.17, 15) is 4.79 Å². The number of rotatable bonds is 4. The Morgan fingerprint density at radius 1 is 1.67 bits per heavy atom. The monoisotopic (exact) mass is 248 g/mol. The summed E-state index contributed by atoms with van der Waals surface area (Å²) in [5.74, 6) is 0.434. The van der Waals surface area contributed by atoms with E-state index >= 15 is 0 Å². The predicted octanol–water partition coefficient (Wildman–Crippen LogP) is 0.699. The normalized spacial score (nSPS) is 12.3. The molecule has 2 aromatic rings. The van der Waals surface area contributed by atoms with Crippen LogP contribution in [0.25, 0.3) is 0 Å². The second-order valence-electron chi connectivity index (χ2n) is 4.01. The van der Waals surface area contributed by atoms with Gasteiger partial charge in [-0.2, -0.15) is 5.10 Å². The second-order valence-corrected chi connectivity index (χ2v) is 4.01. The first-order valence-corrected chi connectivity index (χ1v) is 5.73. The Bertz CT molecular complexity index is 530. The lowest BCUT2D eigenvalue weighted by molar-refractivity contribution is 0.0929. The number of hydrogen-bond donors (Lipinski definition) is 3.